The van der Waals surface area contributed by atoms with Crippen LogP contribution in [0.1, 0.15) is 11.1 Å². The summed E-state index contributed by atoms with van der Waals surface area (Å²) < 4.78 is 28.2. The van der Waals surface area contributed by atoms with Gasteiger partial charge in [-0.3, -0.25) is 4.79 Å². The minimum atomic E-state index is -3.88. The number of halogens is 1. The van der Waals surface area contributed by atoms with Crippen molar-refractivity contribution >= 4 is 33.2 Å². The van der Waals surface area contributed by atoms with Crippen LogP contribution in [0.4, 0.5) is 5.69 Å². The van der Waals surface area contributed by atoms with Crippen molar-refractivity contribution in [2.24, 2.45) is 0 Å². The van der Waals surface area contributed by atoms with E-state index in [9.17, 15) is 13.2 Å². The fourth-order valence-corrected chi connectivity index (χ4v) is 4.19. The molecule has 0 saturated carbocycles. The molecule has 3 rings (SSSR count). The lowest BCUT2D eigenvalue weighted by Crippen LogP contribution is -2.45. The zero-order valence-electron chi connectivity index (χ0n) is 15.8. The molecule has 3 aromatic rings. The van der Waals surface area contributed by atoms with Crippen molar-refractivity contribution in [1.29, 1.82) is 0 Å². The molecule has 0 aliphatic rings. The van der Waals surface area contributed by atoms with Crippen LogP contribution in [0.3, 0.4) is 0 Å². The summed E-state index contributed by atoms with van der Waals surface area (Å²) in [6.07, 6.45) is 0.207. The fraction of sp³-hybridized carbons (Fsp3) is 0.136. The summed E-state index contributed by atoms with van der Waals surface area (Å²) in [5.41, 5.74) is 2.28. The first-order valence-corrected chi connectivity index (χ1v) is 10.9. The van der Waals surface area contributed by atoms with E-state index in [2.05, 4.69) is 10.0 Å². The first-order chi connectivity index (χ1) is 13.8. The molecule has 150 valence electrons. The van der Waals surface area contributed by atoms with E-state index in [1.54, 1.807) is 36.4 Å². The Morgan fingerprint density at radius 1 is 0.966 bits per heavy atom. The molecule has 0 aromatic heterocycles. The van der Waals surface area contributed by atoms with E-state index in [4.69, 9.17) is 11.6 Å². The third-order valence-electron chi connectivity index (χ3n) is 4.32. The summed E-state index contributed by atoms with van der Waals surface area (Å²) in [5, 5.41) is 3.21. The van der Waals surface area contributed by atoms with Gasteiger partial charge in [0.2, 0.25) is 15.9 Å². The van der Waals surface area contributed by atoms with Crippen molar-refractivity contribution in [1.82, 2.24) is 4.72 Å². The summed E-state index contributed by atoms with van der Waals surface area (Å²) in [6.45, 7) is 1.88. The first kappa shape index (κ1) is 21.0. The summed E-state index contributed by atoms with van der Waals surface area (Å²) in [5.74, 6) is -0.466. The normalized spacial score (nSPS) is 12.3. The van der Waals surface area contributed by atoms with Crippen molar-refractivity contribution in [2.75, 3.05) is 5.32 Å². The smallest absolute Gasteiger partial charge is 0.242 e. The zero-order chi connectivity index (χ0) is 20.9. The molecule has 29 heavy (non-hydrogen) atoms. The van der Waals surface area contributed by atoms with Gasteiger partial charge in [0, 0.05) is 10.7 Å². The monoisotopic (exact) mass is 428 g/mol. The van der Waals surface area contributed by atoms with Gasteiger partial charge in [0.25, 0.3) is 0 Å². The number of hydrogen-bond donors (Lipinski definition) is 2. The van der Waals surface area contributed by atoms with Gasteiger partial charge in [-0.25, -0.2) is 8.42 Å². The highest BCUT2D eigenvalue weighted by atomic mass is 35.5. The fourth-order valence-electron chi connectivity index (χ4n) is 2.81. The third-order valence-corrected chi connectivity index (χ3v) is 6.04. The Bertz CT molecular complexity index is 1080. The molecule has 2 N–H and O–H groups in total. The van der Waals surface area contributed by atoms with Crippen LogP contribution in [0, 0.1) is 6.92 Å². The number of anilines is 1. The second-order valence-electron chi connectivity index (χ2n) is 6.68. The number of rotatable bonds is 7. The average molecular weight is 429 g/mol. The molecule has 0 heterocycles. The Balaban J connectivity index is 1.85. The van der Waals surface area contributed by atoms with E-state index < -0.39 is 22.0 Å². The van der Waals surface area contributed by atoms with Crippen LogP contribution in [0.2, 0.25) is 5.02 Å². The van der Waals surface area contributed by atoms with Crippen LogP contribution in [-0.2, 0) is 21.2 Å². The quantitative estimate of drug-likeness (QED) is 0.592. The lowest BCUT2D eigenvalue weighted by Gasteiger charge is -2.19. The standard InChI is InChI=1S/C22H21ClN2O3S/c1-16-10-12-20(13-11-16)29(27,28)25-21(14-17-6-3-2-4-7-17)22(26)24-19-9-5-8-18(23)15-19/h2-13,15,21,25H,14H2,1H3,(H,24,26)/t21-/m1/s1. The van der Waals surface area contributed by atoms with Crippen LogP contribution < -0.4 is 10.0 Å². The van der Waals surface area contributed by atoms with E-state index in [-0.39, 0.29) is 11.3 Å². The summed E-state index contributed by atoms with van der Waals surface area (Å²) in [6, 6.07) is 21.4. The van der Waals surface area contributed by atoms with Crippen molar-refractivity contribution in [3.63, 3.8) is 0 Å². The van der Waals surface area contributed by atoms with Gasteiger partial charge in [-0.05, 0) is 49.2 Å². The third kappa shape index (κ3) is 5.90. The molecule has 0 aliphatic carbocycles. The lowest BCUT2D eigenvalue weighted by molar-refractivity contribution is -0.117. The Kier molecular flexibility index (Phi) is 6.69. The van der Waals surface area contributed by atoms with Gasteiger partial charge in [0.05, 0.1) is 4.90 Å². The van der Waals surface area contributed by atoms with Crippen molar-refractivity contribution in [3.8, 4) is 0 Å². The van der Waals surface area contributed by atoms with Crippen LogP contribution in [0.5, 0.6) is 0 Å². The molecule has 1 amide bonds. The SMILES string of the molecule is Cc1ccc(S(=O)(=O)N[C@H](Cc2ccccc2)C(=O)Nc2cccc(Cl)c2)cc1. The van der Waals surface area contributed by atoms with Gasteiger partial charge in [0.15, 0.2) is 0 Å². The summed E-state index contributed by atoms with van der Waals surface area (Å²) >= 11 is 5.97. The molecule has 5 nitrogen and oxygen atoms in total. The topological polar surface area (TPSA) is 75.3 Å². The van der Waals surface area contributed by atoms with E-state index in [0.29, 0.717) is 10.7 Å². The largest absolute Gasteiger partial charge is 0.325 e. The maximum atomic E-state index is 12.9. The Labute approximate surface area is 175 Å². The summed E-state index contributed by atoms with van der Waals surface area (Å²) in [7, 11) is -3.88. The highest BCUT2D eigenvalue weighted by molar-refractivity contribution is 7.89. The van der Waals surface area contributed by atoms with Crippen molar-refractivity contribution in [2.45, 2.75) is 24.3 Å². The Hall–Kier alpha value is -2.67. The van der Waals surface area contributed by atoms with E-state index >= 15 is 0 Å². The van der Waals surface area contributed by atoms with Gasteiger partial charge in [-0.15, -0.1) is 0 Å². The second kappa shape index (κ2) is 9.22. The lowest BCUT2D eigenvalue weighted by atomic mass is 10.1. The van der Waals surface area contributed by atoms with Gasteiger partial charge >= 0.3 is 0 Å². The number of sulfonamides is 1. The second-order valence-corrected chi connectivity index (χ2v) is 8.83. The number of amides is 1. The Morgan fingerprint density at radius 2 is 1.66 bits per heavy atom. The average Bonchev–Trinajstić information content (AvgIpc) is 2.68. The maximum absolute atomic E-state index is 12.9. The number of benzene rings is 3. The van der Waals surface area contributed by atoms with Crippen LogP contribution in [0.15, 0.2) is 83.8 Å². The highest BCUT2D eigenvalue weighted by Crippen LogP contribution is 2.17. The predicted octanol–water partition coefficient (Wildman–Crippen LogP) is 4.18. The predicted molar refractivity (Wildman–Crippen MR) is 116 cm³/mol. The van der Waals surface area contributed by atoms with Crippen LogP contribution >= 0.6 is 11.6 Å². The highest BCUT2D eigenvalue weighted by Gasteiger charge is 2.26. The van der Waals surface area contributed by atoms with Crippen LogP contribution in [0.25, 0.3) is 0 Å². The molecule has 3 aromatic carbocycles. The molecule has 0 spiro atoms. The van der Waals surface area contributed by atoms with E-state index in [1.807, 2.05) is 37.3 Å². The number of hydrogen-bond acceptors (Lipinski definition) is 3. The van der Waals surface area contributed by atoms with Crippen LogP contribution in [-0.4, -0.2) is 20.4 Å². The molecular formula is C22H21ClN2O3S. The Morgan fingerprint density at radius 3 is 2.31 bits per heavy atom. The molecule has 0 aliphatic heterocycles. The number of carbonyl (C=O) groups is 1. The maximum Gasteiger partial charge on any atom is 0.242 e. The van der Waals surface area contributed by atoms with Gasteiger partial charge in [0.1, 0.15) is 6.04 Å². The molecule has 0 radical (unpaired) electrons. The van der Waals surface area contributed by atoms with E-state index in [0.717, 1.165) is 11.1 Å². The molecule has 0 fully saturated rings. The van der Waals surface area contributed by atoms with Gasteiger partial charge in [-0.2, -0.15) is 4.72 Å². The van der Waals surface area contributed by atoms with Crippen molar-refractivity contribution < 1.29 is 13.2 Å². The van der Waals surface area contributed by atoms with Gasteiger partial charge < -0.3 is 5.32 Å². The number of nitrogens with one attached hydrogen (secondary N) is 2. The minimum Gasteiger partial charge on any atom is -0.325 e. The minimum absolute atomic E-state index is 0.108. The molecular weight excluding hydrogens is 408 g/mol. The molecule has 0 bridgehead atoms. The summed E-state index contributed by atoms with van der Waals surface area (Å²) in [4.78, 5) is 13.0. The molecule has 1 atom stereocenters. The molecule has 7 heteroatoms. The first-order valence-electron chi connectivity index (χ1n) is 9.03. The zero-order valence-corrected chi connectivity index (χ0v) is 17.4. The molecule has 0 unspecified atom stereocenters. The van der Waals surface area contributed by atoms with Gasteiger partial charge in [-0.1, -0.05) is 65.7 Å². The number of aryl methyl sites for hydroxylation is 1. The van der Waals surface area contributed by atoms with Crippen molar-refractivity contribution in [3.05, 3.63) is 95.0 Å². The number of carbonyl (C=O) groups excluding carboxylic acids is 1. The molecule has 0 saturated heterocycles. The van der Waals surface area contributed by atoms with E-state index in [1.165, 1.54) is 12.1 Å².